The van der Waals surface area contributed by atoms with Crippen molar-refractivity contribution in [3.63, 3.8) is 0 Å². The number of rotatable bonds is 3. The van der Waals surface area contributed by atoms with Crippen LogP contribution in [0.2, 0.25) is 0 Å². The highest BCUT2D eigenvalue weighted by Gasteiger charge is 2.17. The SMILES string of the molecule is Cn1cnc(CCO)c1[N+](=O)[O-]. The topological polar surface area (TPSA) is 81.2 Å². The average Bonchev–Trinajstić information content (AvgIpc) is 2.32. The molecule has 0 saturated carbocycles. The first-order valence-corrected chi connectivity index (χ1v) is 3.42. The summed E-state index contributed by atoms with van der Waals surface area (Å²) in [5, 5.41) is 19.0. The van der Waals surface area contributed by atoms with Crippen molar-refractivity contribution >= 4 is 5.82 Å². The zero-order valence-electron chi connectivity index (χ0n) is 6.60. The molecule has 6 nitrogen and oxygen atoms in total. The van der Waals surface area contributed by atoms with Gasteiger partial charge >= 0.3 is 5.82 Å². The second-order valence-corrected chi connectivity index (χ2v) is 2.36. The highest BCUT2D eigenvalue weighted by atomic mass is 16.6. The van der Waals surface area contributed by atoms with Crippen LogP contribution in [0.3, 0.4) is 0 Å². The molecule has 0 aliphatic carbocycles. The first-order valence-electron chi connectivity index (χ1n) is 3.42. The monoisotopic (exact) mass is 171 g/mol. The van der Waals surface area contributed by atoms with Gasteiger partial charge in [0.1, 0.15) is 5.69 Å². The molecular weight excluding hydrogens is 162 g/mol. The number of nitro groups is 1. The van der Waals surface area contributed by atoms with Crippen molar-refractivity contribution in [2.45, 2.75) is 6.42 Å². The van der Waals surface area contributed by atoms with Crippen LogP contribution in [0, 0.1) is 10.1 Å². The summed E-state index contributed by atoms with van der Waals surface area (Å²) >= 11 is 0. The Hall–Kier alpha value is -1.43. The molecular formula is C6H9N3O3. The number of hydrogen-bond donors (Lipinski definition) is 1. The molecule has 0 spiro atoms. The van der Waals surface area contributed by atoms with E-state index in [-0.39, 0.29) is 18.8 Å². The molecule has 0 saturated heterocycles. The van der Waals surface area contributed by atoms with Crippen LogP contribution < -0.4 is 0 Å². The Balaban J connectivity index is 3.04. The van der Waals surface area contributed by atoms with E-state index in [4.69, 9.17) is 5.11 Å². The summed E-state index contributed by atoms with van der Waals surface area (Å²) in [7, 11) is 1.55. The lowest BCUT2D eigenvalue weighted by Crippen LogP contribution is -2.01. The molecule has 0 fully saturated rings. The Bertz CT molecular complexity index is 294. The molecule has 66 valence electrons. The molecule has 0 unspecified atom stereocenters. The van der Waals surface area contributed by atoms with Crippen molar-refractivity contribution in [2.75, 3.05) is 6.61 Å². The van der Waals surface area contributed by atoms with Gasteiger partial charge < -0.3 is 15.2 Å². The number of hydrogen-bond acceptors (Lipinski definition) is 4. The van der Waals surface area contributed by atoms with Crippen LogP contribution in [0.1, 0.15) is 5.69 Å². The number of aromatic nitrogens is 2. The third-order valence-electron chi connectivity index (χ3n) is 1.50. The van der Waals surface area contributed by atoms with Crippen LogP contribution in [-0.2, 0) is 13.5 Å². The summed E-state index contributed by atoms with van der Waals surface area (Å²) in [6.45, 7) is -0.127. The minimum absolute atomic E-state index is 0.0518. The summed E-state index contributed by atoms with van der Waals surface area (Å²) in [5.74, 6) is -0.0518. The highest BCUT2D eigenvalue weighted by Crippen LogP contribution is 2.15. The molecule has 12 heavy (non-hydrogen) atoms. The smallest absolute Gasteiger partial charge is 0.345 e. The largest absolute Gasteiger partial charge is 0.396 e. The van der Waals surface area contributed by atoms with Crippen LogP contribution in [0.15, 0.2) is 6.33 Å². The molecule has 1 rings (SSSR count). The Morgan fingerprint density at radius 2 is 2.50 bits per heavy atom. The van der Waals surface area contributed by atoms with E-state index in [1.165, 1.54) is 10.9 Å². The van der Waals surface area contributed by atoms with Gasteiger partial charge in [0.25, 0.3) is 0 Å². The first kappa shape index (κ1) is 8.66. The Labute approximate surface area is 68.6 Å². The molecule has 1 aromatic rings. The van der Waals surface area contributed by atoms with Crippen molar-refractivity contribution in [1.82, 2.24) is 9.55 Å². The van der Waals surface area contributed by atoms with E-state index in [0.717, 1.165) is 0 Å². The van der Waals surface area contributed by atoms with Gasteiger partial charge in [-0.1, -0.05) is 0 Å². The van der Waals surface area contributed by atoms with Gasteiger partial charge in [0.15, 0.2) is 6.33 Å². The third kappa shape index (κ3) is 1.42. The normalized spacial score (nSPS) is 10.2. The van der Waals surface area contributed by atoms with Gasteiger partial charge in [-0.15, -0.1) is 0 Å². The standard InChI is InChI=1S/C6H9N3O3/c1-8-4-7-5(2-3-10)6(8)9(11)12/h4,10H,2-3H2,1H3. The lowest BCUT2D eigenvalue weighted by molar-refractivity contribution is -0.392. The van der Waals surface area contributed by atoms with Gasteiger partial charge in [0.2, 0.25) is 0 Å². The lowest BCUT2D eigenvalue weighted by Gasteiger charge is -1.96. The second-order valence-electron chi connectivity index (χ2n) is 2.36. The van der Waals surface area contributed by atoms with E-state index >= 15 is 0 Å². The number of aryl methyl sites for hydroxylation is 1. The maximum absolute atomic E-state index is 10.4. The van der Waals surface area contributed by atoms with Crippen molar-refractivity contribution in [3.8, 4) is 0 Å². The molecule has 0 aromatic carbocycles. The Kier molecular flexibility index (Phi) is 2.39. The predicted molar refractivity (Wildman–Crippen MR) is 40.7 cm³/mol. The van der Waals surface area contributed by atoms with Crippen molar-refractivity contribution < 1.29 is 10.0 Å². The molecule has 6 heteroatoms. The van der Waals surface area contributed by atoms with E-state index in [9.17, 15) is 10.1 Å². The Morgan fingerprint density at radius 1 is 1.83 bits per heavy atom. The summed E-state index contributed by atoms with van der Waals surface area (Å²) in [5.41, 5.74) is 0.324. The first-order chi connectivity index (χ1) is 5.66. The Morgan fingerprint density at radius 3 is 3.00 bits per heavy atom. The van der Waals surface area contributed by atoms with Crippen molar-refractivity contribution in [1.29, 1.82) is 0 Å². The number of aliphatic hydroxyl groups is 1. The van der Waals surface area contributed by atoms with Crippen LogP contribution in [0.4, 0.5) is 5.82 Å². The molecule has 1 aromatic heterocycles. The minimum atomic E-state index is -0.502. The molecule has 1 N–H and O–H groups in total. The van der Waals surface area contributed by atoms with Gasteiger partial charge in [-0.25, -0.2) is 9.55 Å². The maximum Gasteiger partial charge on any atom is 0.345 e. The molecule has 0 atom stereocenters. The van der Waals surface area contributed by atoms with E-state index in [1.54, 1.807) is 7.05 Å². The summed E-state index contributed by atoms with van der Waals surface area (Å²) < 4.78 is 1.32. The molecule has 1 heterocycles. The molecule has 0 aliphatic heterocycles. The van der Waals surface area contributed by atoms with E-state index < -0.39 is 4.92 Å². The third-order valence-corrected chi connectivity index (χ3v) is 1.50. The summed E-state index contributed by atoms with van der Waals surface area (Å²) in [6.07, 6.45) is 1.58. The fraction of sp³-hybridized carbons (Fsp3) is 0.500. The van der Waals surface area contributed by atoms with Crippen LogP contribution in [-0.4, -0.2) is 26.2 Å². The van der Waals surface area contributed by atoms with Gasteiger partial charge in [-0.3, -0.25) is 0 Å². The maximum atomic E-state index is 10.4. The second kappa shape index (κ2) is 3.31. The summed E-state index contributed by atoms with van der Waals surface area (Å²) in [4.78, 5) is 13.7. The highest BCUT2D eigenvalue weighted by molar-refractivity contribution is 5.27. The summed E-state index contributed by atoms with van der Waals surface area (Å²) in [6, 6.07) is 0. The molecule has 0 amide bonds. The van der Waals surface area contributed by atoms with Gasteiger partial charge in [0.05, 0.1) is 7.05 Å². The minimum Gasteiger partial charge on any atom is -0.396 e. The van der Waals surface area contributed by atoms with Crippen molar-refractivity contribution in [2.24, 2.45) is 7.05 Å². The number of aliphatic hydroxyl groups excluding tert-OH is 1. The van der Waals surface area contributed by atoms with Crippen LogP contribution in [0.5, 0.6) is 0 Å². The quantitative estimate of drug-likeness (QED) is 0.507. The fourth-order valence-electron chi connectivity index (χ4n) is 0.989. The molecule has 0 aliphatic rings. The average molecular weight is 171 g/mol. The fourth-order valence-corrected chi connectivity index (χ4v) is 0.989. The molecule has 0 radical (unpaired) electrons. The van der Waals surface area contributed by atoms with Crippen LogP contribution in [0.25, 0.3) is 0 Å². The van der Waals surface area contributed by atoms with E-state index in [0.29, 0.717) is 5.69 Å². The van der Waals surface area contributed by atoms with E-state index in [2.05, 4.69) is 4.98 Å². The zero-order chi connectivity index (χ0) is 9.14. The van der Waals surface area contributed by atoms with Gasteiger partial charge in [0, 0.05) is 13.0 Å². The van der Waals surface area contributed by atoms with Gasteiger partial charge in [-0.05, 0) is 4.92 Å². The zero-order valence-corrected chi connectivity index (χ0v) is 6.60. The van der Waals surface area contributed by atoms with Gasteiger partial charge in [-0.2, -0.15) is 0 Å². The van der Waals surface area contributed by atoms with E-state index in [1.807, 2.05) is 0 Å². The molecule has 0 bridgehead atoms. The predicted octanol–water partition coefficient (Wildman–Crippen LogP) is -0.137. The lowest BCUT2D eigenvalue weighted by atomic mass is 10.3. The van der Waals surface area contributed by atoms with Crippen LogP contribution >= 0.6 is 0 Å². The van der Waals surface area contributed by atoms with Crippen molar-refractivity contribution in [3.05, 3.63) is 22.1 Å². The number of nitrogens with zero attached hydrogens (tertiary/aromatic N) is 3. The number of imidazole rings is 1.